The van der Waals surface area contributed by atoms with Crippen LogP contribution in [0.15, 0.2) is 0 Å². The molecular weight excluding hydrogens is 214 g/mol. The molecule has 0 bridgehead atoms. The summed E-state index contributed by atoms with van der Waals surface area (Å²) in [6.07, 6.45) is 4.93. The molecule has 3 heteroatoms. The molecule has 1 heterocycles. The maximum absolute atomic E-state index is 9.79. The SMILES string of the molecule is CC1CCC(CO)(CN2CCOCC2C)CC1. The van der Waals surface area contributed by atoms with Gasteiger partial charge in [-0.05, 0) is 25.7 Å². The molecule has 0 aromatic heterocycles. The Morgan fingerprint density at radius 3 is 2.59 bits per heavy atom. The Morgan fingerprint density at radius 2 is 2.00 bits per heavy atom. The predicted octanol–water partition coefficient (Wildman–Crippen LogP) is 1.90. The molecule has 0 aromatic rings. The largest absolute Gasteiger partial charge is 0.396 e. The van der Waals surface area contributed by atoms with E-state index in [1.165, 1.54) is 25.7 Å². The van der Waals surface area contributed by atoms with Crippen LogP contribution in [0.2, 0.25) is 0 Å². The molecule has 0 radical (unpaired) electrons. The minimum Gasteiger partial charge on any atom is -0.396 e. The van der Waals surface area contributed by atoms with Crippen LogP contribution in [0.3, 0.4) is 0 Å². The smallest absolute Gasteiger partial charge is 0.0619 e. The van der Waals surface area contributed by atoms with Gasteiger partial charge in [-0.25, -0.2) is 0 Å². The van der Waals surface area contributed by atoms with Crippen LogP contribution in [0.25, 0.3) is 0 Å². The van der Waals surface area contributed by atoms with E-state index in [1.54, 1.807) is 0 Å². The molecule has 1 N–H and O–H groups in total. The lowest BCUT2D eigenvalue weighted by atomic mass is 9.71. The minimum absolute atomic E-state index is 0.165. The van der Waals surface area contributed by atoms with Gasteiger partial charge in [-0.1, -0.05) is 19.8 Å². The Hall–Kier alpha value is -0.120. The van der Waals surface area contributed by atoms with E-state index in [2.05, 4.69) is 18.7 Å². The van der Waals surface area contributed by atoms with Gasteiger partial charge in [0, 0.05) is 31.2 Å². The average molecular weight is 241 g/mol. The Kier molecular flexibility index (Phi) is 4.45. The molecule has 1 saturated carbocycles. The van der Waals surface area contributed by atoms with Gasteiger partial charge in [-0.3, -0.25) is 4.90 Å². The minimum atomic E-state index is 0.165. The van der Waals surface area contributed by atoms with E-state index in [9.17, 15) is 5.11 Å². The fraction of sp³-hybridized carbons (Fsp3) is 1.00. The van der Waals surface area contributed by atoms with Crippen molar-refractivity contribution in [2.75, 3.05) is 32.9 Å². The highest BCUT2D eigenvalue weighted by molar-refractivity contribution is 4.89. The molecule has 0 aromatic carbocycles. The van der Waals surface area contributed by atoms with Crippen LogP contribution in [0.4, 0.5) is 0 Å². The number of aliphatic hydroxyl groups is 1. The summed E-state index contributed by atoms with van der Waals surface area (Å²) >= 11 is 0. The lowest BCUT2D eigenvalue weighted by Crippen LogP contribution is -2.50. The maximum Gasteiger partial charge on any atom is 0.0619 e. The van der Waals surface area contributed by atoms with Gasteiger partial charge < -0.3 is 9.84 Å². The van der Waals surface area contributed by atoms with Gasteiger partial charge in [0.2, 0.25) is 0 Å². The fourth-order valence-corrected chi connectivity index (χ4v) is 3.17. The summed E-state index contributed by atoms with van der Waals surface area (Å²) in [5, 5.41) is 9.79. The number of rotatable bonds is 3. The van der Waals surface area contributed by atoms with Crippen LogP contribution in [0.5, 0.6) is 0 Å². The van der Waals surface area contributed by atoms with E-state index in [0.717, 1.165) is 32.2 Å². The van der Waals surface area contributed by atoms with Gasteiger partial charge in [0.15, 0.2) is 0 Å². The molecule has 3 nitrogen and oxygen atoms in total. The molecule has 17 heavy (non-hydrogen) atoms. The van der Waals surface area contributed by atoms with E-state index < -0.39 is 0 Å². The quantitative estimate of drug-likeness (QED) is 0.819. The Labute approximate surface area is 105 Å². The zero-order valence-corrected chi connectivity index (χ0v) is 11.3. The second-order valence-corrected chi connectivity index (χ2v) is 6.24. The van der Waals surface area contributed by atoms with Gasteiger partial charge in [0.1, 0.15) is 0 Å². The lowest BCUT2D eigenvalue weighted by Gasteiger charge is -2.44. The van der Waals surface area contributed by atoms with Crippen LogP contribution < -0.4 is 0 Å². The van der Waals surface area contributed by atoms with Crippen molar-refractivity contribution in [3.8, 4) is 0 Å². The molecular formula is C14H27NO2. The molecule has 1 atom stereocenters. The highest BCUT2D eigenvalue weighted by Gasteiger charge is 2.36. The summed E-state index contributed by atoms with van der Waals surface area (Å²) in [7, 11) is 0. The van der Waals surface area contributed by atoms with Gasteiger partial charge in [0.25, 0.3) is 0 Å². The van der Waals surface area contributed by atoms with Crippen LogP contribution in [-0.4, -0.2) is 49.0 Å². The van der Waals surface area contributed by atoms with Crippen molar-refractivity contribution in [3.63, 3.8) is 0 Å². The van der Waals surface area contributed by atoms with Crippen molar-refractivity contribution in [2.45, 2.75) is 45.6 Å². The highest BCUT2D eigenvalue weighted by Crippen LogP contribution is 2.39. The summed E-state index contributed by atoms with van der Waals surface area (Å²) in [5.74, 6) is 0.844. The monoisotopic (exact) mass is 241 g/mol. The van der Waals surface area contributed by atoms with Crippen molar-refractivity contribution >= 4 is 0 Å². The second-order valence-electron chi connectivity index (χ2n) is 6.24. The van der Waals surface area contributed by atoms with Gasteiger partial charge in [0.05, 0.1) is 13.2 Å². The van der Waals surface area contributed by atoms with E-state index in [4.69, 9.17) is 4.74 Å². The van der Waals surface area contributed by atoms with Crippen LogP contribution in [0.1, 0.15) is 39.5 Å². The highest BCUT2D eigenvalue weighted by atomic mass is 16.5. The third-order valence-electron chi connectivity index (χ3n) is 4.71. The molecule has 1 saturated heterocycles. The lowest BCUT2D eigenvalue weighted by molar-refractivity contribution is -0.0431. The average Bonchev–Trinajstić information content (AvgIpc) is 2.35. The molecule has 1 unspecified atom stereocenters. The standard InChI is InChI=1S/C14H27NO2/c1-12-3-5-14(11-16,6-4-12)10-15-7-8-17-9-13(15)2/h12-13,16H,3-11H2,1-2H3. The number of hydrogen-bond donors (Lipinski definition) is 1. The Bertz CT molecular complexity index is 236. The molecule has 2 fully saturated rings. The zero-order chi connectivity index (χ0) is 12.3. The summed E-state index contributed by atoms with van der Waals surface area (Å²) in [6, 6.07) is 0.506. The van der Waals surface area contributed by atoms with E-state index in [1.807, 2.05) is 0 Å². The first-order valence-corrected chi connectivity index (χ1v) is 7.08. The van der Waals surface area contributed by atoms with Crippen molar-refractivity contribution < 1.29 is 9.84 Å². The maximum atomic E-state index is 9.79. The molecule has 2 rings (SSSR count). The van der Waals surface area contributed by atoms with E-state index in [0.29, 0.717) is 12.6 Å². The first-order valence-electron chi connectivity index (χ1n) is 7.08. The molecule has 2 aliphatic rings. The zero-order valence-electron chi connectivity index (χ0n) is 11.3. The summed E-state index contributed by atoms with van der Waals surface area (Å²) in [6.45, 7) is 8.69. The topological polar surface area (TPSA) is 32.7 Å². The van der Waals surface area contributed by atoms with Crippen LogP contribution in [-0.2, 0) is 4.74 Å². The van der Waals surface area contributed by atoms with Crippen LogP contribution in [0, 0.1) is 11.3 Å². The second kappa shape index (κ2) is 5.68. The van der Waals surface area contributed by atoms with Gasteiger partial charge >= 0.3 is 0 Å². The molecule has 100 valence electrons. The number of nitrogens with zero attached hydrogens (tertiary/aromatic N) is 1. The number of morpholine rings is 1. The summed E-state index contributed by atoms with van der Waals surface area (Å²) in [4.78, 5) is 2.51. The predicted molar refractivity (Wildman–Crippen MR) is 69.0 cm³/mol. The summed E-state index contributed by atoms with van der Waals surface area (Å²) < 4.78 is 5.48. The third kappa shape index (κ3) is 3.21. The molecule has 1 aliphatic heterocycles. The first kappa shape index (κ1) is 13.3. The van der Waals surface area contributed by atoms with Crippen molar-refractivity contribution in [3.05, 3.63) is 0 Å². The van der Waals surface area contributed by atoms with Gasteiger partial charge in [-0.15, -0.1) is 0 Å². The Balaban J connectivity index is 1.94. The molecule has 0 spiro atoms. The normalized spacial score (nSPS) is 40.4. The van der Waals surface area contributed by atoms with Crippen molar-refractivity contribution in [2.24, 2.45) is 11.3 Å². The molecule has 1 aliphatic carbocycles. The third-order valence-corrected chi connectivity index (χ3v) is 4.71. The van der Waals surface area contributed by atoms with E-state index in [-0.39, 0.29) is 5.41 Å². The fourth-order valence-electron chi connectivity index (χ4n) is 3.17. The van der Waals surface area contributed by atoms with Crippen LogP contribution >= 0.6 is 0 Å². The van der Waals surface area contributed by atoms with Crippen molar-refractivity contribution in [1.82, 2.24) is 4.90 Å². The Morgan fingerprint density at radius 1 is 1.29 bits per heavy atom. The summed E-state index contributed by atoms with van der Waals surface area (Å²) in [5.41, 5.74) is 0.165. The molecule has 0 amide bonds. The van der Waals surface area contributed by atoms with Gasteiger partial charge in [-0.2, -0.15) is 0 Å². The number of aliphatic hydroxyl groups excluding tert-OH is 1. The number of hydrogen-bond acceptors (Lipinski definition) is 3. The first-order chi connectivity index (χ1) is 8.15. The number of ether oxygens (including phenoxy) is 1. The van der Waals surface area contributed by atoms with E-state index >= 15 is 0 Å². The van der Waals surface area contributed by atoms with Crippen molar-refractivity contribution in [1.29, 1.82) is 0 Å².